The Morgan fingerprint density at radius 1 is 1.41 bits per heavy atom. The zero-order valence-electron chi connectivity index (χ0n) is 15.6. The second kappa shape index (κ2) is 6.03. The van der Waals surface area contributed by atoms with Gasteiger partial charge in [0, 0.05) is 12.3 Å². The lowest BCUT2D eigenvalue weighted by Gasteiger charge is -2.57. The number of hydrogen-bond donors (Lipinski definition) is 0. The van der Waals surface area contributed by atoms with Gasteiger partial charge in [0.2, 0.25) is 5.78 Å². The van der Waals surface area contributed by atoms with Crippen molar-refractivity contribution in [2.75, 3.05) is 19.1 Å². The van der Waals surface area contributed by atoms with Crippen LogP contribution in [0.2, 0.25) is 0 Å². The normalized spacial score (nSPS) is 44.5. The van der Waals surface area contributed by atoms with E-state index in [0.717, 1.165) is 12.0 Å². The molecule has 6 unspecified atom stereocenters. The summed E-state index contributed by atoms with van der Waals surface area (Å²) in [6, 6.07) is 0. The molecule has 2 aliphatic carbocycles. The van der Waals surface area contributed by atoms with Gasteiger partial charge in [-0.05, 0) is 19.8 Å². The summed E-state index contributed by atoms with van der Waals surface area (Å²) in [5, 5.41) is 0. The van der Waals surface area contributed by atoms with Gasteiger partial charge < -0.3 is 18.9 Å². The van der Waals surface area contributed by atoms with E-state index >= 15 is 0 Å². The van der Waals surface area contributed by atoms with Gasteiger partial charge >= 0.3 is 11.9 Å². The molecule has 0 amide bonds. The number of ether oxygens (including phenoxy) is 4. The molecule has 2 heterocycles. The summed E-state index contributed by atoms with van der Waals surface area (Å²) in [5.74, 6) is -1.74. The fourth-order valence-electron chi connectivity index (χ4n) is 5.34. The van der Waals surface area contributed by atoms with Crippen LogP contribution in [0.1, 0.15) is 33.6 Å². The predicted molar refractivity (Wildman–Crippen MR) is 93.1 cm³/mol. The highest BCUT2D eigenvalue weighted by Gasteiger charge is 2.86. The number of carbonyl (C=O) groups excluding carboxylic acids is 3. The summed E-state index contributed by atoms with van der Waals surface area (Å²) in [6.07, 6.45) is 1.09. The molecular formula is C19H23ClO7. The van der Waals surface area contributed by atoms with Crippen LogP contribution in [-0.2, 0) is 33.3 Å². The molecule has 4 aliphatic rings. The lowest BCUT2D eigenvalue weighted by Crippen LogP contribution is -2.66. The van der Waals surface area contributed by atoms with Gasteiger partial charge in [0.25, 0.3) is 0 Å². The van der Waals surface area contributed by atoms with Gasteiger partial charge in [0.15, 0.2) is 12.2 Å². The molecule has 27 heavy (non-hydrogen) atoms. The van der Waals surface area contributed by atoms with E-state index in [0.29, 0.717) is 13.0 Å². The second-order valence-electron chi connectivity index (χ2n) is 8.17. The van der Waals surface area contributed by atoms with Crippen molar-refractivity contribution in [3.8, 4) is 0 Å². The molecule has 2 bridgehead atoms. The first kappa shape index (κ1) is 18.9. The molecule has 0 N–H and O–H groups in total. The maximum absolute atomic E-state index is 13.2. The number of alkyl halides is 1. The van der Waals surface area contributed by atoms with Crippen LogP contribution in [-0.4, -0.2) is 60.7 Å². The van der Waals surface area contributed by atoms with E-state index in [4.69, 9.17) is 30.5 Å². The third-order valence-electron chi connectivity index (χ3n) is 6.95. The SMILES string of the molecule is CC(=O)OCC12CCC(C)=CC1OC1C(=O)C(OC(=O)CCl)C2(C)C12CO2. The monoisotopic (exact) mass is 398 g/mol. The topological polar surface area (TPSA) is 91.4 Å². The molecule has 148 valence electrons. The van der Waals surface area contributed by atoms with Gasteiger partial charge in [0.05, 0.1) is 18.1 Å². The smallest absolute Gasteiger partial charge is 0.321 e. The molecule has 8 heteroatoms. The molecule has 0 aromatic heterocycles. The molecular weight excluding hydrogens is 376 g/mol. The Kier molecular flexibility index (Phi) is 4.22. The summed E-state index contributed by atoms with van der Waals surface area (Å²) < 4.78 is 23.0. The summed E-state index contributed by atoms with van der Waals surface area (Å²) in [4.78, 5) is 36.7. The van der Waals surface area contributed by atoms with Crippen molar-refractivity contribution in [2.45, 2.75) is 57.5 Å². The average Bonchev–Trinajstić information content (AvgIpc) is 3.41. The Balaban J connectivity index is 1.85. The third-order valence-corrected chi connectivity index (χ3v) is 7.17. The first-order chi connectivity index (χ1) is 12.7. The van der Waals surface area contributed by atoms with Gasteiger partial charge in [-0.3, -0.25) is 14.4 Å². The maximum Gasteiger partial charge on any atom is 0.321 e. The summed E-state index contributed by atoms with van der Waals surface area (Å²) in [6.45, 7) is 5.66. The number of esters is 2. The Labute approximate surface area is 162 Å². The summed E-state index contributed by atoms with van der Waals surface area (Å²) >= 11 is 5.62. The fraction of sp³-hybridized carbons (Fsp3) is 0.737. The highest BCUT2D eigenvalue weighted by molar-refractivity contribution is 6.26. The van der Waals surface area contributed by atoms with Crippen LogP contribution in [0, 0.1) is 10.8 Å². The lowest BCUT2D eigenvalue weighted by molar-refractivity contribution is -0.232. The minimum Gasteiger partial charge on any atom is -0.465 e. The van der Waals surface area contributed by atoms with Crippen LogP contribution in [0.15, 0.2) is 11.6 Å². The Hall–Kier alpha value is -1.44. The number of epoxide rings is 1. The highest BCUT2D eigenvalue weighted by atomic mass is 35.5. The molecule has 7 nitrogen and oxygen atoms in total. The number of carbonyl (C=O) groups is 3. The molecule has 2 saturated heterocycles. The van der Waals surface area contributed by atoms with E-state index in [9.17, 15) is 14.4 Å². The number of allylic oxidation sites excluding steroid dienone is 1. The van der Waals surface area contributed by atoms with Crippen LogP contribution in [0.4, 0.5) is 0 Å². The molecule has 6 atom stereocenters. The molecule has 3 fully saturated rings. The number of fused-ring (bicyclic) bond motifs is 2. The molecule has 4 rings (SSSR count). The van der Waals surface area contributed by atoms with Crippen molar-refractivity contribution in [3.05, 3.63) is 11.6 Å². The molecule has 0 radical (unpaired) electrons. The van der Waals surface area contributed by atoms with Crippen molar-refractivity contribution in [2.24, 2.45) is 10.8 Å². The maximum atomic E-state index is 13.2. The van der Waals surface area contributed by atoms with Gasteiger partial charge in [-0.1, -0.05) is 18.6 Å². The minimum absolute atomic E-state index is 0.0628. The number of rotatable bonds is 4. The van der Waals surface area contributed by atoms with Crippen molar-refractivity contribution < 1.29 is 33.3 Å². The van der Waals surface area contributed by atoms with Crippen LogP contribution < -0.4 is 0 Å². The van der Waals surface area contributed by atoms with Gasteiger partial charge in [-0.2, -0.15) is 0 Å². The Morgan fingerprint density at radius 2 is 2.11 bits per heavy atom. The zero-order valence-corrected chi connectivity index (χ0v) is 16.3. The van der Waals surface area contributed by atoms with Crippen molar-refractivity contribution >= 4 is 29.3 Å². The van der Waals surface area contributed by atoms with E-state index < -0.39 is 46.7 Å². The second-order valence-corrected chi connectivity index (χ2v) is 8.44. The van der Waals surface area contributed by atoms with Crippen molar-refractivity contribution in [3.63, 3.8) is 0 Å². The molecule has 2 aliphatic heterocycles. The number of halogens is 1. The van der Waals surface area contributed by atoms with E-state index in [1.165, 1.54) is 6.92 Å². The van der Waals surface area contributed by atoms with Crippen LogP contribution in [0.5, 0.6) is 0 Å². The highest BCUT2D eigenvalue weighted by Crippen LogP contribution is 2.71. The van der Waals surface area contributed by atoms with E-state index in [1.807, 2.05) is 19.9 Å². The first-order valence-electron chi connectivity index (χ1n) is 9.11. The predicted octanol–water partition coefficient (Wildman–Crippen LogP) is 1.55. The molecule has 0 aromatic rings. The molecule has 1 saturated carbocycles. The zero-order chi connectivity index (χ0) is 19.6. The summed E-state index contributed by atoms with van der Waals surface area (Å²) in [7, 11) is 0. The van der Waals surface area contributed by atoms with E-state index in [-0.39, 0.29) is 18.3 Å². The average molecular weight is 399 g/mol. The van der Waals surface area contributed by atoms with Crippen LogP contribution >= 0.6 is 11.6 Å². The van der Waals surface area contributed by atoms with E-state index in [1.54, 1.807) is 0 Å². The van der Waals surface area contributed by atoms with E-state index in [2.05, 4.69) is 0 Å². The minimum atomic E-state index is -1.05. The molecule has 1 spiro atoms. The van der Waals surface area contributed by atoms with Gasteiger partial charge in [-0.25, -0.2) is 0 Å². The number of ketones is 1. The standard InChI is InChI=1S/C19H23ClO7/c1-10-4-5-18(8-24-11(2)21)12(6-10)26-16-14(23)15(27-13(22)7-20)17(18,3)19(16)9-25-19/h6,12,15-16H,4-5,7-9H2,1-3H3. The van der Waals surface area contributed by atoms with Crippen LogP contribution in [0.3, 0.4) is 0 Å². The molecule has 0 aromatic carbocycles. The largest absolute Gasteiger partial charge is 0.465 e. The van der Waals surface area contributed by atoms with Gasteiger partial charge in [0.1, 0.15) is 18.1 Å². The first-order valence-corrected chi connectivity index (χ1v) is 9.64. The fourth-order valence-corrected chi connectivity index (χ4v) is 5.41. The Morgan fingerprint density at radius 3 is 2.70 bits per heavy atom. The van der Waals surface area contributed by atoms with Crippen molar-refractivity contribution in [1.82, 2.24) is 0 Å². The van der Waals surface area contributed by atoms with Crippen molar-refractivity contribution in [1.29, 1.82) is 0 Å². The number of hydrogen-bond acceptors (Lipinski definition) is 7. The summed E-state index contributed by atoms with van der Waals surface area (Å²) in [5.41, 5.74) is -1.35. The van der Waals surface area contributed by atoms with Gasteiger partial charge in [-0.15, -0.1) is 11.6 Å². The quantitative estimate of drug-likeness (QED) is 0.307. The Bertz CT molecular complexity index is 742. The number of Topliss-reactive ketones (excluding diaryl/α,β-unsaturated/α-hetero) is 1. The lowest BCUT2D eigenvalue weighted by atomic mass is 9.51. The third kappa shape index (κ3) is 2.31. The van der Waals surface area contributed by atoms with Crippen LogP contribution in [0.25, 0.3) is 0 Å².